The molecule has 0 saturated heterocycles. The van der Waals surface area contributed by atoms with E-state index in [4.69, 9.17) is 15.7 Å². The van der Waals surface area contributed by atoms with E-state index in [9.17, 15) is 8.78 Å². The molecule has 8 heteroatoms. The van der Waals surface area contributed by atoms with Gasteiger partial charge in [-0.1, -0.05) is 5.16 Å². The fraction of sp³-hybridized carbons (Fsp3) is 0. The van der Waals surface area contributed by atoms with Crippen LogP contribution in [0.2, 0.25) is 0 Å². The minimum absolute atomic E-state index is 0.0565. The summed E-state index contributed by atoms with van der Waals surface area (Å²) in [6.45, 7) is 0. The third-order valence-electron chi connectivity index (χ3n) is 2.11. The van der Waals surface area contributed by atoms with Crippen molar-refractivity contribution < 1.29 is 18.7 Å². The first kappa shape index (κ1) is 12.7. The minimum atomic E-state index is -0.733. The molecule has 0 amide bonds. The van der Waals surface area contributed by atoms with Crippen LogP contribution in [-0.4, -0.2) is 21.0 Å². The Morgan fingerprint density at radius 1 is 1.26 bits per heavy atom. The maximum Gasteiger partial charge on any atom is 0.238 e. The summed E-state index contributed by atoms with van der Waals surface area (Å²) in [5.41, 5.74) is 5.41. The third kappa shape index (κ3) is 2.92. The van der Waals surface area contributed by atoms with Crippen molar-refractivity contribution in [1.82, 2.24) is 9.97 Å². The summed E-state index contributed by atoms with van der Waals surface area (Å²) in [6, 6.07) is 2.78. The standard InChI is InChI=1S/C11H8F2N4O2/c12-6-1-2-7(13)9(3-6)19-10-5-15-8(4-16-10)11(14)17-18/h1-5,18H,(H2,14,17). The van der Waals surface area contributed by atoms with E-state index in [0.29, 0.717) is 0 Å². The average molecular weight is 266 g/mol. The number of halogens is 2. The molecular weight excluding hydrogens is 258 g/mol. The molecule has 1 aromatic heterocycles. The van der Waals surface area contributed by atoms with Gasteiger partial charge >= 0.3 is 0 Å². The molecule has 0 aliphatic heterocycles. The molecule has 0 bridgehead atoms. The molecule has 1 heterocycles. The van der Waals surface area contributed by atoms with Crippen LogP contribution < -0.4 is 10.5 Å². The first-order valence-electron chi connectivity index (χ1n) is 5.03. The van der Waals surface area contributed by atoms with Gasteiger partial charge in [0.1, 0.15) is 11.5 Å². The Kier molecular flexibility index (Phi) is 3.51. The van der Waals surface area contributed by atoms with Crippen LogP contribution in [0.3, 0.4) is 0 Å². The van der Waals surface area contributed by atoms with Crippen molar-refractivity contribution in [2.24, 2.45) is 10.9 Å². The van der Waals surface area contributed by atoms with E-state index in [-0.39, 0.29) is 23.2 Å². The molecule has 2 rings (SSSR count). The monoisotopic (exact) mass is 266 g/mol. The Hall–Kier alpha value is -2.77. The molecule has 3 N–H and O–H groups in total. The Labute approximate surface area is 106 Å². The number of hydrogen-bond acceptors (Lipinski definition) is 5. The number of nitrogens with zero attached hydrogens (tertiary/aromatic N) is 3. The molecule has 0 unspecified atom stereocenters. The Morgan fingerprint density at radius 3 is 2.68 bits per heavy atom. The van der Waals surface area contributed by atoms with Gasteiger partial charge in [-0.05, 0) is 12.1 Å². The summed E-state index contributed by atoms with van der Waals surface area (Å²) in [5.74, 6) is -1.97. The highest BCUT2D eigenvalue weighted by molar-refractivity contribution is 5.94. The normalized spacial score (nSPS) is 11.4. The van der Waals surface area contributed by atoms with E-state index in [1.807, 2.05) is 0 Å². The van der Waals surface area contributed by atoms with Crippen molar-refractivity contribution in [2.75, 3.05) is 0 Å². The van der Waals surface area contributed by atoms with Gasteiger partial charge in [0, 0.05) is 6.07 Å². The number of amidine groups is 1. The highest BCUT2D eigenvalue weighted by atomic mass is 19.1. The van der Waals surface area contributed by atoms with Crippen molar-refractivity contribution >= 4 is 5.84 Å². The third-order valence-corrected chi connectivity index (χ3v) is 2.11. The highest BCUT2D eigenvalue weighted by Crippen LogP contribution is 2.23. The number of oxime groups is 1. The maximum atomic E-state index is 13.3. The van der Waals surface area contributed by atoms with Crippen LogP contribution in [-0.2, 0) is 0 Å². The molecule has 0 aliphatic rings. The van der Waals surface area contributed by atoms with Crippen LogP contribution in [0.4, 0.5) is 8.78 Å². The maximum absolute atomic E-state index is 13.3. The molecule has 19 heavy (non-hydrogen) atoms. The average Bonchev–Trinajstić information content (AvgIpc) is 2.43. The Bertz CT molecular complexity index is 617. The van der Waals surface area contributed by atoms with Crippen molar-refractivity contribution in [3.05, 3.63) is 47.9 Å². The minimum Gasteiger partial charge on any atom is -0.434 e. The zero-order chi connectivity index (χ0) is 13.8. The number of nitrogens with two attached hydrogens (primary N) is 1. The molecule has 0 spiro atoms. The summed E-state index contributed by atoms with van der Waals surface area (Å²) in [6.07, 6.45) is 2.30. The fourth-order valence-corrected chi connectivity index (χ4v) is 1.22. The van der Waals surface area contributed by atoms with Gasteiger partial charge in [0.15, 0.2) is 17.4 Å². The van der Waals surface area contributed by atoms with Crippen LogP contribution in [0.1, 0.15) is 5.69 Å². The molecular formula is C11H8F2N4O2. The lowest BCUT2D eigenvalue weighted by Crippen LogP contribution is -2.15. The first-order chi connectivity index (χ1) is 9.10. The van der Waals surface area contributed by atoms with Gasteiger partial charge in [-0.2, -0.15) is 0 Å². The number of ether oxygens (including phenoxy) is 1. The van der Waals surface area contributed by atoms with E-state index in [1.54, 1.807) is 0 Å². The topological polar surface area (TPSA) is 93.6 Å². The predicted molar refractivity (Wildman–Crippen MR) is 61.0 cm³/mol. The van der Waals surface area contributed by atoms with Gasteiger partial charge in [-0.25, -0.2) is 18.7 Å². The molecule has 6 nitrogen and oxygen atoms in total. The van der Waals surface area contributed by atoms with Crippen LogP contribution in [0.15, 0.2) is 35.7 Å². The fourth-order valence-electron chi connectivity index (χ4n) is 1.22. The van der Waals surface area contributed by atoms with Gasteiger partial charge in [0.25, 0.3) is 0 Å². The Balaban J connectivity index is 2.22. The van der Waals surface area contributed by atoms with Gasteiger partial charge in [-0.3, -0.25) is 0 Å². The van der Waals surface area contributed by atoms with Gasteiger partial charge in [0.05, 0.1) is 12.4 Å². The van der Waals surface area contributed by atoms with Crippen molar-refractivity contribution in [3.8, 4) is 11.6 Å². The highest BCUT2D eigenvalue weighted by Gasteiger charge is 2.08. The van der Waals surface area contributed by atoms with Gasteiger partial charge in [-0.15, -0.1) is 0 Å². The van der Waals surface area contributed by atoms with E-state index in [1.165, 1.54) is 6.20 Å². The van der Waals surface area contributed by atoms with Crippen molar-refractivity contribution in [2.45, 2.75) is 0 Å². The molecule has 0 atom stereocenters. The number of hydrogen-bond donors (Lipinski definition) is 2. The molecule has 0 radical (unpaired) electrons. The van der Waals surface area contributed by atoms with E-state index < -0.39 is 11.6 Å². The van der Waals surface area contributed by atoms with E-state index in [2.05, 4.69) is 15.1 Å². The van der Waals surface area contributed by atoms with Crippen LogP contribution >= 0.6 is 0 Å². The number of aromatic nitrogens is 2. The second-order valence-corrected chi connectivity index (χ2v) is 3.40. The second kappa shape index (κ2) is 5.25. The number of benzene rings is 1. The molecule has 0 saturated carbocycles. The SMILES string of the molecule is NC(=NO)c1cnc(Oc2cc(F)ccc2F)cn1. The lowest BCUT2D eigenvalue weighted by Gasteiger charge is -2.05. The zero-order valence-corrected chi connectivity index (χ0v) is 9.42. The molecule has 0 fully saturated rings. The summed E-state index contributed by atoms with van der Waals surface area (Å²) >= 11 is 0. The van der Waals surface area contributed by atoms with Crippen LogP contribution in [0, 0.1) is 11.6 Å². The zero-order valence-electron chi connectivity index (χ0n) is 9.42. The molecule has 0 aliphatic carbocycles. The smallest absolute Gasteiger partial charge is 0.238 e. The van der Waals surface area contributed by atoms with Crippen molar-refractivity contribution in [1.29, 1.82) is 0 Å². The second-order valence-electron chi connectivity index (χ2n) is 3.40. The lowest BCUT2D eigenvalue weighted by molar-refractivity contribution is 0.318. The summed E-state index contributed by atoms with van der Waals surface area (Å²) in [4.78, 5) is 7.55. The quantitative estimate of drug-likeness (QED) is 0.381. The van der Waals surface area contributed by atoms with Gasteiger partial charge in [0.2, 0.25) is 5.88 Å². The first-order valence-corrected chi connectivity index (χ1v) is 5.03. The Morgan fingerprint density at radius 2 is 2.05 bits per heavy atom. The number of rotatable bonds is 3. The van der Waals surface area contributed by atoms with Gasteiger partial charge < -0.3 is 15.7 Å². The van der Waals surface area contributed by atoms with Crippen LogP contribution in [0.25, 0.3) is 0 Å². The summed E-state index contributed by atoms with van der Waals surface area (Å²) in [5, 5.41) is 11.2. The lowest BCUT2D eigenvalue weighted by atomic mass is 10.3. The summed E-state index contributed by atoms with van der Waals surface area (Å²) < 4.78 is 31.3. The van der Waals surface area contributed by atoms with Crippen LogP contribution in [0.5, 0.6) is 11.6 Å². The molecule has 98 valence electrons. The molecule has 2 aromatic rings. The largest absolute Gasteiger partial charge is 0.434 e. The van der Waals surface area contributed by atoms with E-state index in [0.717, 1.165) is 24.4 Å². The predicted octanol–water partition coefficient (Wildman–Crippen LogP) is 1.64. The molecule has 1 aromatic carbocycles. The summed E-state index contributed by atoms with van der Waals surface area (Å²) in [7, 11) is 0. The van der Waals surface area contributed by atoms with E-state index >= 15 is 0 Å². The van der Waals surface area contributed by atoms with Crippen molar-refractivity contribution in [3.63, 3.8) is 0 Å².